The van der Waals surface area contributed by atoms with E-state index in [-0.39, 0.29) is 10.7 Å². The number of hydrogen-bond acceptors (Lipinski definition) is 5. The van der Waals surface area contributed by atoms with Gasteiger partial charge in [0.05, 0.1) is 24.6 Å². The van der Waals surface area contributed by atoms with E-state index in [9.17, 15) is 14.0 Å². The van der Waals surface area contributed by atoms with Gasteiger partial charge in [-0.1, -0.05) is 12.1 Å². The fourth-order valence-electron chi connectivity index (χ4n) is 3.60. The van der Waals surface area contributed by atoms with E-state index in [4.69, 9.17) is 17.0 Å². The van der Waals surface area contributed by atoms with E-state index in [0.717, 1.165) is 11.1 Å². The molecule has 2 aromatic carbocycles. The standard InChI is InChI=1S/C23H22FN3O3S/c1-14-3-5-17(11-15(14)2)27-22(29)18(21(28)25-23(27)31)12-16-4-6-20(19(24)13-16)26-7-9-30-10-8-26/h3-6,11-13H,7-10H2,1-2H3,(H,25,28,31)/b18-12+. The van der Waals surface area contributed by atoms with Gasteiger partial charge in [-0.25, -0.2) is 4.39 Å². The maximum absolute atomic E-state index is 14.7. The Balaban J connectivity index is 1.65. The van der Waals surface area contributed by atoms with Crippen LogP contribution < -0.4 is 15.1 Å². The average Bonchev–Trinajstić information content (AvgIpc) is 2.74. The van der Waals surface area contributed by atoms with Gasteiger partial charge < -0.3 is 9.64 Å². The molecule has 0 atom stereocenters. The normalized spacial score (nSPS) is 18.5. The number of anilines is 2. The quantitative estimate of drug-likeness (QED) is 0.452. The summed E-state index contributed by atoms with van der Waals surface area (Å²) in [6.45, 7) is 6.23. The Bertz CT molecular complexity index is 1110. The summed E-state index contributed by atoms with van der Waals surface area (Å²) >= 11 is 5.24. The lowest BCUT2D eigenvalue weighted by molar-refractivity contribution is -0.122. The molecular formula is C23H22FN3O3S. The number of nitrogens with zero attached hydrogens (tertiary/aromatic N) is 2. The van der Waals surface area contributed by atoms with Crippen molar-refractivity contribution in [3.8, 4) is 0 Å². The number of aryl methyl sites for hydroxylation is 2. The molecule has 2 heterocycles. The number of morpholine rings is 1. The Morgan fingerprint density at radius 2 is 1.81 bits per heavy atom. The molecule has 2 amide bonds. The molecule has 2 aromatic rings. The molecule has 31 heavy (non-hydrogen) atoms. The minimum absolute atomic E-state index is 0.0178. The van der Waals surface area contributed by atoms with Gasteiger partial charge in [0, 0.05) is 13.1 Å². The Hall–Kier alpha value is -3.10. The number of carbonyl (C=O) groups is 2. The van der Waals surface area contributed by atoms with Crippen LogP contribution in [0.25, 0.3) is 6.08 Å². The fourth-order valence-corrected chi connectivity index (χ4v) is 3.88. The summed E-state index contributed by atoms with van der Waals surface area (Å²) in [7, 11) is 0. The molecule has 2 aliphatic heterocycles. The summed E-state index contributed by atoms with van der Waals surface area (Å²) in [5.41, 5.74) is 3.43. The van der Waals surface area contributed by atoms with Crippen LogP contribution in [0.1, 0.15) is 16.7 Å². The van der Waals surface area contributed by atoms with Crippen LogP contribution >= 0.6 is 12.2 Å². The van der Waals surface area contributed by atoms with Crippen LogP contribution in [0, 0.1) is 19.7 Å². The van der Waals surface area contributed by atoms with Crippen molar-refractivity contribution in [2.24, 2.45) is 0 Å². The highest BCUT2D eigenvalue weighted by Crippen LogP contribution is 2.26. The van der Waals surface area contributed by atoms with Crippen LogP contribution in [0.15, 0.2) is 42.0 Å². The Morgan fingerprint density at radius 3 is 2.48 bits per heavy atom. The Morgan fingerprint density at radius 1 is 1.06 bits per heavy atom. The molecule has 1 N–H and O–H groups in total. The van der Waals surface area contributed by atoms with Crippen LogP contribution in [0.3, 0.4) is 0 Å². The number of thiocarbonyl (C=S) groups is 1. The van der Waals surface area contributed by atoms with E-state index >= 15 is 0 Å². The van der Waals surface area contributed by atoms with E-state index in [2.05, 4.69) is 5.32 Å². The molecule has 2 saturated heterocycles. The number of ether oxygens (including phenoxy) is 1. The lowest BCUT2D eigenvalue weighted by atomic mass is 10.0. The molecule has 0 radical (unpaired) electrons. The predicted molar refractivity (Wildman–Crippen MR) is 122 cm³/mol. The molecule has 160 valence electrons. The summed E-state index contributed by atoms with van der Waals surface area (Å²) in [6, 6.07) is 10.2. The summed E-state index contributed by atoms with van der Waals surface area (Å²) in [5, 5.41) is 2.57. The molecule has 0 saturated carbocycles. The molecular weight excluding hydrogens is 417 g/mol. The monoisotopic (exact) mass is 439 g/mol. The number of nitrogens with one attached hydrogen (secondary N) is 1. The van der Waals surface area contributed by atoms with Crippen LogP contribution in [0.4, 0.5) is 15.8 Å². The molecule has 8 heteroatoms. The van der Waals surface area contributed by atoms with Crippen LogP contribution in [-0.4, -0.2) is 43.2 Å². The first-order valence-electron chi connectivity index (χ1n) is 9.96. The third-order valence-electron chi connectivity index (χ3n) is 5.48. The first-order valence-corrected chi connectivity index (χ1v) is 10.4. The van der Waals surface area contributed by atoms with Gasteiger partial charge in [0.15, 0.2) is 5.11 Å². The zero-order valence-corrected chi connectivity index (χ0v) is 18.1. The van der Waals surface area contributed by atoms with Gasteiger partial charge in [0.1, 0.15) is 11.4 Å². The molecule has 0 aliphatic carbocycles. The van der Waals surface area contributed by atoms with Crippen molar-refractivity contribution >= 4 is 46.6 Å². The molecule has 0 aromatic heterocycles. The van der Waals surface area contributed by atoms with Gasteiger partial charge in [0.2, 0.25) is 0 Å². The third kappa shape index (κ3) is 4.22. The maximum atomic E-state index is 14.7. The number of amides is 2. The van der Waals surface area contributed by atoms with E-state index in [0.29, 0.717) is 43.2 Å². The highest BCUT2D eigenvalue weighted by molar-refractivity contribution is 7.80. The zero-order valence-electron chi connectivity index (χ0n) is 17.3. The van der Waals surface area contributed by atoms with E-state index in [1.54, 1.807) is 18.2 Å². The van der Waals surface area contributed by atoms with Crippen LogP contribution in [-0.2, 0) is 14.3 Å². The topological polar surface area (TPSA) is 61.9 Å². The highest BCUT2D eigenvalue weighted by Gasteiger charge is 2.34. The second-order valence-electron chi connectivity index (χ2n) is 7.54. The third-order valence-corrected chi connectivity index (χ3v) is 5.77. The summed E-state index contributed by atoms with van der Waals surface area (Å²) in [6.07, 6.45) is 1.39. The predicted octanol–water partition coefficient (Wildman–Crippen LogP) is 3.11. The number of rotatable bonds is 3. The van der Waals surface area contributed by atoms with Crippen LogP contribution in [0.2, 0.25) is 0 Å². The molecule has 2 aliphatic rings. The lowest BCUT2D eigenvalue weighted by Crippen LogP contribution is -2.54. The Kier molecular flexibility index (Phi) is 5.84. The van der Waals surface area contributed by atoms with Gasteiger partial charge >= 0.3 is 0 Å². The van der Waals surface area contributed by atoms with Gasteiger partial charge in [-0.05, 0) is 73.1 Å². The van der Waals surface area contributed by atoms with Gasteiger partial charge in [-0.2, -0.15) is 0 Å². The van der Waals surface area contributed by atoms with Crippen molar-refractivity contribution in [2.75, 3.05) is 36.1 Å². The van der Waals surface area contributed by atoms with Gasteiger partial charge in [-0.15, -0.1) is 0 Å². The first-order chi connectivity index (χ1) is 14.8. The fraction of sp³-hybridized carbons (Fsp3) is 0.261. The SMILES string of the molecule is Cc1ccc(N2C(=O)/C(=C/c3ccc(N4CCOCC4)c(F)c3)C(=O)NC2=S)cc1C. The summed E-state index contributed by atoms with van der Waals surface area (Å²) in [4.78, 5) is 28.8. The second kappa shape index (κ2) is 8.56. The molecule has 0 unspecified atom stereocenters. The van der Waals surface area contributed by atoms with Crippen molar-refractivity contribution in [1.29, 1.82) is 0 Å². The number of hydrogen-bond donors (Lipinski definition) is 1. The van der Waals surface area contributed by atoms with E-state index < -0.39 is 17.6 Å². The van der Waals surface area contributed by atoms with Crippen molar-refractivity contribution in [2.45, 2.75) is 13.8 Å². The lowest BCUT2D eigenvalue weighted by Gasteiger charge is -2.30. The van der Waals surface area contributed by atoms with Gasteiger partial charge in [0.25, 0.3) is 11.8 Å². The highest BCUT2D eigenvalue weighted by atomic mass is 32.1. The first kappa shape index (κ1) is 21.1. The number of carbonyl (C=O) groups excluding carboxylic acids is 2. The van der Waals surface area contributed by atoms with Crippen molar-refractivity contribution in [1.82, 2.24) is 5.32 Å². The molecule has 4 rings (SSSR count). The molecule has 0 bridgehead atoms. The van der Waals surface area contributed by atoms with Crippen LogP contribution in [0.5, 0.6) is 0 Å². The van der Waals surface area contributed by atoms with E-state index in [1.807, 2.05) is 30.9 Å². The minimum atomic E-state index is -0.604. The van der Waals surface area contributed by atoms with Crippen molar-refractivity contribution in [3.05, 3.63) is 64.5 Å². The average molecular weight is 440 g/mol. The molecule has 2 fully saturated rings. The number of benzene rings is 2. The van der Waals surface area contributed by atoms with E-state index in [1.165, 1.54) is 17.0 Å². The molecule has 6 nitrogen and oxygen atoms in total. The molecule has 0 spiro atoms. The number of halogens is 1. The second-order valence-corrected chi connectivity index (χ2v) is 7.92. The minimum Gasteiger partial charge on any atom is -0.378 e. The smallest absolute Gasteiger partial charge is 0.270 e. The summed E-state index contributed by atoms with van der Waals surface area (Å²) < 4.78 is 20.0. The van der Waals surface area contributed by atoms with Gasteiger partial charge in [-0.3, -0.25) is 19.8 Å². The van der Waals surface area contributed by atoms with Crippen molar-refractivity contribution < 1.29 is 18.7 Å². The Labute approximate surface area is 185 Å². The van der Waals surface area contributed by atoms with Crippen molar-refractivity contribution in [3.63, 3.8) is 0 Å². The zero-order chi connectivity index (χ0) is 22.1. The maximum Gasteiger partial charge on any atom is 0.270 e. The summed E-state index contributed by atoms with van der Waals surface area (Å²) in [5.74, 6) is -1.57. The largest absolute Gasteiger partial charge is 0.378 e.